The van der Waals surface area contributed by atoms with Gasteiger partial charge in [-0.25, -0.2) is 4.79 Å². The van der Waals surface area contributed by atoms with E-state index >= 15 is 0 Å². The number of aryl methyl sites for hydroxylation is 1. The van der Waals surface area contributed by atoms with Crippen LogP contribution in [-0.2, 0) is 4.74 Å². The third-order valence-corrected chi connectivity index (χ3v) is 5.56. The smallest absolute Gasteiger partial charge is 0.410 e. The van der Waals surface area contributed by atoms with Gasteiger partial charge < -0.3 is 19.7 Å². The topological polar surface area (TPSA) is 89.5 Å². The number of benzene rings is 1. The van der Waals surface area contributed by atoms with E-state index in [0.717, 1.165) is 46.3 Å². The van der Waals surface area contributed by atoms with Crippen LogP contribution in [0.2, 0.25) is 0 Å². The molecule has 4 rings (SSSR count). The van der Waals surface area contributed by atoms with Crippen molar-refractivity contribution >= 4 is 22.8 Å². The van der Waals surface area contributed by atoms with Gasteiger partial charge in [0.1, 0.15) is 22.6 Å². The van der Waals surface area contributed by atoms with E-state index in [2.05, 4.69) is 20.5 Å². The van der Waals surface area contributed by atoms with E-state index in [1.807, 2.05) is 58.0 Å². The fourth-order valence-electron chi connectivity index (χ4n) is 4.06. The van der Waals surface area contributed by atoms with Crippen molar-refractivity contribution in [2.24, 2.45) is 0 Å². The summed E-state index contributed by atoms with van der Waals surface area (Å²) in [5.41, 5.74) is 2.92. The molecule has 1 atom stereocenters. The Morgan fingerprint density at radius 2 is 2.03 bits per heavy atom. The van der Waals surface area contributed by atoms with E-state index in [1.54, 1.807) is 18.2 Å². The normalized spacial score (nSPS) is 16.5. The first-order chi connectivity index (χ1) is 15.7. The maximum absolute atomic E-state index is 12.5. The number of piperidine rings is 1. The molecule has 1 saturated heterocycles. The van der Waals surface area contributed by atoms with Gasteiger partial charge in [-0.05, 0) is 70.4 Å². The molecule has 0 radical (unpaired) electrons. The molecule has 2 aromatic heterocycles. The molecule has 8 nitrogen and oxygen atoms in total. The number of ether oxygens (including phenoxy) is 2. The molecule has 0 bridgehead atoms. The lowest BCUT2D eigenvalue weighted by Crippen LogP contribution is -2.47. The summed E-state index contributed by atoms with van der Waals surface area (Å²) in [6.07, 6.45) is 3.26. The number of pyridine rings is 1. The van der Waals surface area contributed by atoms with Crippen LogP contribution in [0.25, 0.3) is 22.2 Å². The van der Waals surface area contributed by atoms with E-state index in [-0.39, 0.29) is 12.1 Å². The number of nitrogens with one attached hydrogen (secondary N) is 1. The van der Waals surface area contributed by atoms with E-state index in [4.69, 9.17) is 9.47 Å². The van der Waals surface area contributed by atoms with Crippen molar-refractivity contribution in [1.82, 2.24) is 20.1 Å². The van der Waals surface area contributed by atoms with Gasteiger partial charge in [0, 0.05) is 36.3 Å². The minimum atomic E-state index is -0.518. The Balaban J connectivity index is 1.61. The molecule has 0 saturated carbocycles. The van der Waals surface area contributed by atoms with Gasteiger partial charge in [0.25, 0.3) is 0 Å². The Kier molecular flexibility index (Phi) is 6.35. The van der Waals surface area contributed by atoms with Crippen LogP contribution in [-0.4, -0.2) is 58.0 Å². The monoisotopic (exact) mass is 449 g/mol. The number of fused-ring (bicyclic) bond motifs is 1. The van der Waals surface area contributed by atoms with Gasteiger partial charge in [-0.2, -0.15) is 0 Å². The van der Waals surface area contributed by atoms with E-state index in [0.29, 0.717) is 18.9 Å². The minimum Gasteiger partial charge on any atom is -0.496 e. The Bertz CT molecular complexity index is 1160. The molecule has 3 heterocycles. The number of carbonyl (C=O) groups excluding carboxylic acids is 1. The highest BCUT2D eigenvalue weighted by atomic mass is 16.6. The van der Waals surface area contributed by atoms with Gasteiger partial charge in [-0.15, -0.1) is 10.2 Å². The van der Waals surface area contributed by atoms with Crippen molar-refractivity contribution in [3.05, 3.63) is 42.1 Å². The van der Waals surface area contributed by atoms with Crippen molar-refractivity contribution in [3.63, 3.8) is 0 Å². The van der Waals surface area contributed by atoms with Gasteiger partial charge >= 0.3 is 6.09 Å². The third-order valence-electron chi connectivity index (χ3n) is 5.56. The van der Waals surface area contributed by atoms with Gasteiger partial charge in [-0.1, -0.05) is 6.07 Å². The van der Waals surface area contributed by atoms with Crippen LogP contribution >= 0.6 is 0 Å². The standard InChI is InChI=1S/C25H31N5O3/c1-16-10-11-18(20(14-16)32-5)21-19-9-6-12-26-22(19)23(29-28-21)27-17-8-7-13-30(15-17)24(31)33-25(2,3)4/h6,9-12,14,17H,7-8,13,15H2,1-5H3,(H,27,29)/t17-/m1/s1. The summed E-state index contributed by atoms with van der Waals surface area (Å²) in [5, 5.41) is 13.4. The highest BCUT2D eigenvalue weighted by molar-refractivity contribution is 5.98. The quantitative estimate of drug-likeness (QED) is 0.611. The first kappa shape index (κ1) is 22.8. The lowest BCUT2D eigenvalue weighted by Gasteiger charge is -2.34. The number of likely N-dealkylation sites (tertiary alicyclic amines) is 1. The highest BCUT2D eigenvalue weighted by Crippen LogP contribution is 2.35. The minimum absolute atomic E-state index is 0.0329. The second-order valence-electron chi connectivity index (χ2n) is 9.41. The summed E-state index contributed by atoms with van der Waals surface area (Å²) in [6, 6.07) is 9.93. The zero-order valence-electron chi connectivity index (χ0n) is 19.9. The number of aromatic nitrogens is 3. The van der Waals surface area contributed by atoms with Crippen LogP contribution in [0.3, 0.4) is 0 Å². The van der Waals surface area contributed by atoms with Gasteiger partial charge in [0.2, 0.25) is 0 Å². The summed E-state index contributed by atoms with van der Waals surface area (Å²) in [5.74, 6) is 1.35. The molecule has 33 heavy (non-hydrogen) atoms. The Morgan fingerprint density at radius 3 is 2.79 bits per heavy atom. The Labute approximate surface area is 194 Å². The predicted octanol–water partition coefficient (Wildman–Crippen LogP) is 4.82. The second kappa shape index (κ2) is 9.21. The fourth-order valence-corrected chi connectivity index (χ4v) is 4.06. The molecule has 1 aromatic carbocycles. The Hall–Kier alpha value is -3.42. The lowest BCUT2D eigenvalue weighted by molar-refractivity contribution is 0.0206. The second-order valence-corrected chi connectivity index (χ2v) is 9.41. The van der Waals surface area contributed by atoms with Crippen LogP contribution in [0.1, 0.15) is 39.2 Å². The van der Waals surface area contributed by atoms with Crippen molar-refractivity contribution in [1.29, 1.82) is 0 Å². The van der Waals surface area contributed by atoms with Crippen LogP contribution < -0.4 is 10.1 Å². The molecule has 8 heteroatoms. The Morgan fingerprint density at radius 1 is 1.21 bits per heavy atom. The van der Waals surface area contributed by atoms with Crippen molar-refractivity contribution in [3.8, 4) is 17.0 Å². The molecule has 3 aromatic rings. The van der Waals surface area contributed by atoms with E-state index in [9.17, 15) is 4.79 Å². The first-order valence-corrected chi connectivity index (χ1v) is 11.3. The third kappa shape index (κ3) is 5.16. The number of nitrogens with zero attached hydrogens (tertiary/aromatic N) is 4. The molecule has 1 amide bonds. The average Bonchev–Trinajstić information content (AvgIpc) is 2.78. The highest BCUT2D eigenvalue weighted by Gasteiger charge is 2.28. The number of hydrogen-bond acceptors (Lipinski definition) is 7. The molecule has 174 valence electrons. The number of anilines is 1. The number of methoxy groups -OCH3 is 1. The van der Waals surface area contributed by atoms with Crippen LogP contribution in [0.15, 0.2) is 36.5 Å². The molecule has 1 aliphatic heterocycles. The van der Waals surface area contributed by atoms with E-state index < -0.39 is 5.60 Å². The zero-order valence-corrected chi connectivity index (χ0v) is 19.9. The predicted molar refractivity (Wildman–Crippen MR) is 129 cm³/mol. The summed E-state index contributed by atoms with van der Waals surface area (Å²) in [4.78, 5) is 18.9. The SMILES string of the molecule is COc1cc(C)ccc1-c1nnc(N[C@@H]2CCCN(C(=O)OC(C)(C)C)C2)c2ncccc12. The van der Waals surface area contributed by atoms with Crippen molar-refractivity contribution in [2.75, 3.05) is 25.5 Å². The average molecular weight is 450 g/mol. The summed E-state index contributed by atoms with van der Waals surface area (Å²) < 4.78 is 11.1. The maximum atomic E-state index is 12.5. The summed E-state index contributed by atoms with van der Waals surface area (Å²) >= 11 is 0. The summed E-state index contributed by atoms with van der Waals surface area (Å²) in [7, 11) is 1.65. The van der Waals surface area contributed by atoms with Gasteiger partial charge in [0.05, 0.1) is 7.11 Å². The number of rotatable bonds is 4. The van der Waals surface area contributed by atoms with Crippen LogP contribution in [0, 0.1) is 6.92 Å². The molecule has 0 spiro atoms. The molecular weight excluding hydrogens is 418 g/mol. The van der Waals surface area contributed by atoms with Crippen molar-refractivity contribution in [2.45, 2.75) is 52.2 Å². The van der Waals surface area contributed by atoms with Crippen molar-refractivity contribution < 1.29 is 14.3 Å². The first-order valence-electron chi connectivity index (χ1n) is 11.3. The van der Waals surface area contributed by atoms with Crippen LogP contribution in [0.4, 0.5) is 10.6 Å². The molecule has 0 aliphatic carbocycles. The lowest BCUT2D eigenvalue weighted by atomic mass is 10.0. The van der Waals surface area contributed by atoms with Crippen LogP contribution in [0.5, 0.6) is 5.75 Å². The number of amides is 1. The molecule has 1 fully saturated rings. The van der Waals surface area contributed by atoms with Gasteiger partial charge in [-0.3, -0.25) is 4.98 Å². The molecule has 1 N–H and O–H groups in total. The fraction of sp³-hybridized carbons (Fsp3) is 0.440. The largest absolute Gasteiger partial charge is 0.496 e. The molecule has 1 aliphatic rings. The molecular formula is C25H31N5O3. The zero-order chi connectivity index (χ0) is 23.6. The summed E-state index contributed by atoms with van der Waals surface area (Å²) in [6.45, 7) is 8.88. The van der Waals surface area contributed by atoms with E-state index in [1.165, 1.54) is 0 Å². The maximum Gasteiger partial charge on any atom is 0.410 e. The number of hydrogen-bond donors (Lipinski definition) is 1. The van der Waals surface area contributed by atoms with Gasteiger partial charge in [0.15, 0.2) is 5.82 Å². The number of carbonyl (C=O) groups is 1. The molecule has 0 unspecified atom stereocenters.